The number of nitrogens with one attached hydrogen (secondary N) is 1. The van der Waals surface area contributed by atoms with Crippen LogP contribution >= 0.6 is 23.2 Å². The Hall–Kier alpha value is -3.07. The highest BCUT2D eigenvalue weighted by molar-refractivity contribution is 7.92. The number of sulfonamides is 1. The van der Waals surface area contributed by atoms with Gasteiger partial charge in [-0.1, -0.05) is 83.4 Å². The fourth-order valence-corrected chi connectivity index (χ4v) is 6.01. The predicted octanol–water partition coefficient (Wildman–Crippen LogP) is 6.01. The van der Waals surface area contributed by atoms with E-state index < -0.39 is 16.1 Å². The van der Waals surface area contributed by atoms with E-state index in [1.807, 2.05) is 75.4 Å². The summed E-state index contributed by atoms with van der Waals surface area (Å²) in [7, 11) is -3.71. The van der Waals surface area contributed by atoms with Crippen molar-refractivity contribution in [3.8, 4) is 0 Å². The lowest BCUT2D eigenvalue weighted by atomic mass is 10.0. The van der Waals surface area contributed by atoms with Gasteiger partial charge >= 0.3 is 0 Å². The summed E-state index contributed by atoms with van der Waals surface area (Å²) in [6.07, 6.45) is 1.66. The van der Waals surface area contributed by atoms with Gasteiger partial charge in [-0.2, -0.15) is 0 Å². The zero-order chi connectivity index (χ0) is 30.2. The Morgan fingerprint density at radius 1 is 0.927 bits per heavy atom. The molecule has 41 heavy (non-hydrogen) atoms. The third-order valence-corrected chi connectivity index (χ3v) is 8.20. The van der Waals surface area contributed by atoms with Gasteiger partial charge in [0.15, 0.2) is 0 Å². The van der Waals surface area contributed by atoms with Crippen LogP contribution in [-0.2, 0) is 32.6 Å². The molecule has 1 atom stereocenters. The number of hydrogen-bond acceptors (Lipinski definition) is 4. The van der Waals surface area contributed by atoms with Gasteiger partial charge < -0.3 is 10.2 Å². The molecule has 0 saturated carbocycles. The van der Waals surface area contributed by atoms with Gasteiger partial charge in [-0.05, 0) is 56.5 Å². The minimum Gasteiger partial charge on any atom is -0.352 e. The van der Waals surface area contributed by atoms with E-state index in [1.165, 1.54) is 12.1 Å². The molecule has 0 heterocycles. The minimum absolute atomic E-state index is 0.0183. The van der Waals surface area contributed by atoms with Crippen molar-refractivity contribution < 1.29 is 18.0 Å². The SMILES string of the molecule is Cc1cccc(CN(C(=O)CCCN(c2cc(Cl)ccc2Cl)S(C)(=O)=O)C(Cc2ccccc2)C(=O)NC(C)C)c1. The predicted molar refractivity (Wildman–Crippen MR) is 167 cm³/mol. The zero-order valence-corrected chi connectivity index (χ0v) is 26.1. The molecule has 3 aromatic carbocycles. The molecule has 2 amide bonds. The van der Waals surface area contributed by atoms with Gasteiger partial charge in [-0.25, -0.2) is 8.42 Å². The van der Waals surface area contributed by atoms with E-state index in [-0.39, 0.29) is 54.5 Å². The van der Waals surface area contributed by atoms with Crippen molar-refractivity contribution >= 4 is 50.7 Å². The number of benzene rings is 3. The summed E-state index contributed by atoms with van der Waals surface area (Å²) in [6, 6.07) is 21.1. The normalized spacial score (nSPS) is 12.2. The lowest BCUT2D eigenvalue weighted by Gasteiger charge is -2.32. The standard InChI is InChI=1S/C31H37Cl2N3O4S/c1-22(2)34-31(38)29(19-24-11-6-5-7-12-24)35(21-25-13-8-10-23(3)18-25)30(37)14-9-17-36(41(4,39)40)28-20-26(32)15-16-27(28)33/h5-8,10-13,15-16,18,20,22,29H,9,14,17,19,21H2,1-4H3,(H,34,38). The van der Waals surface area contributed by atoms with Crippen LogP contribution < -0.4 is 9.62 Å². The Labute approximate surface area is 253 Å². The van der Waals surface area contributed by atoms with Gasteiger partial charge in [0.05, 0.1) is 17.0 Å². The molecule has 1 unspecified atom stereocenters. The largest absolute Gasteiger partial charge is 0.352 e. The average molecular weight is 619 g/mol. The topological polar surface area (TPSA) is 86.8 Å². The molecule has 0 bridgehead atoms. The molecule has 0 fully saturated rings. The zero-order valence-electron chi connectivity index (χ0n) is 23.8. The smallest absolute Gasteiger partial charge is 0.243 e. The quantitative estimate of drug-likeness (QED) is 0.254. The van der Waals surface area contributed by atoms with Gasteiger partial charge in [-0.3, -0.25) is 13.9 Å². The molecule has 7 nitrogen and oxygen atoms in total. The maximum atomic E-state index is 13.9. The van der Waals surface area contributed by atoms with E-state index in [2.05, 4.69) is 5.32 Å². The van der Waals surface area contributed by atoms with Crippen LogP contribution in [-0.4, -0.2) is 50.0 Å². The summed E-state index contributed by atoms with van der Waals surface area (Å²) in [4.78, 5) is 29.0. The van der Waals surface area contributed by atoms with Crippen LogP contribution in [0.3, 0.4) is 0 Å². The van der Waals surface area contributed by atoms with Crippen LogP contribution in [0.25, 0.3) is 0 Å². The number of carbonyl (C=O) groups excluding carboxylic acids is 2. The maximum absolute atomic E-state index is 13.9. The summed E-state index contributed by atoms with van der Waals surface area (Å²) in [5, 5.41) is 3.56. The Morgan fingerprint density at radius 3 is 2.24 bits per heavy atom. The van der Waals surface area contributed by atoms with E-state index in [0.29, 0.717) is 11.4 Å². The highest BCUT2D eigenvalue weighted by atomic mass is 35.5. The first kappa shape index (κ1) is 32.4. The van der Waals surface area contributed by atoms with Gasteiger partial charge in [-0.15, -0.1) is 0 Å². The number of halogens is 2. The molecule has 0 radical (unpaired) electrons. The van der Waals surface area contributed by atoms with Gasteiger partial charge in [0, 0.05) is 37.0 Å². The summed E-state index contributed by atoms with van der Waals surface area (Å²) >= 11 is 12.4. The molecular formula is C31H37Cl2N3O4S. The molecule has 0 saturated heterocycles. The van der Waals surface area contributed by atoms with Gasteiger partial charge in [0.2, 0.25) is 21.8 Å². The van der Waals surface area contributed by atoms with E-state index in [4.69, 9.17) is 23.2 Å². The van der Waals surface area contributed by atoms with Crippen LogP contribution in [0.15, 0.2) is 72.8 Å². The van der Waals surface area contributed by atoms with Crippen molar-refractivity contribution in [2.45, 2.75) is 58.7 Å². The molecule has 0 aromatic heterocycles. The maximum Gasteiger partial charge on any atom is 0.243 e. The summed E-state index contributed by atoms with van der Waals surface area (Å²) in [6.45, 7) is 5.99. The van der Waals surface area contributed by atoms with Crippen LogP contribution in [0.5, 0.6) is 0 Å². The van der Waals surface area contributed by atoms with E-state index in [9.17, 15) is 18.0 Å². The first-order chi connectivity index (χ1) is 19.3. The lowest BCUT2D eigenvalue weighted by molar-refractivity contribution is -0.141. The summed E-state index contributed by atoms with van der Waals surface area (Å²) in [5.41, 5.74) is 3.13. The number of hydrogen-bond donors (Lipinski definition) is 1. The first-order valence-electron chi connectivity index (χ1n) is 13.5. The Bertz CT molecular complexity index is 1450. The first-order valence-corrected chi connectivity index (χ1v) is 16.1. The fourth-order valence-electron chi connectivity index (χ4n) is 4.60. The van der Waals surface area contributed by atoms with Crippen molar-refractivity contribution in [2.24, 2.45) is 0 Å². The fraction of sp³-hybridized carbons (Fsp3) is 0.355. The molecule has 0 spiro atoms. The van der Waals surface area contributed by atoms with Crippen molar-refractivity contribution in [1.29, 1.82) is 0 Å². The molecule has 3 rings (SSSR count). The lowest BCUT2D eigenvalue weighted by Crippen LogP contribution is -2.51. The summed E-state index contributed by atoms with van der Waals surface area (Å²) < 4.78 is 26.5. The second kappa shape index (κ2) is 14.7. The van der Waals surface area contributed by atoms with Crippen molar-refractivity contribution in [3.05, 3.63) is 99.5 Å². The third kappa shape index (κ3) is 9.76. The number of anilines is 1. The Balaban J connectivity index is 1.90. The van der Waals surface area contributed by atoms with Crippen LogP contribution in [0.1, 0.15) is 43.4 Å². The Kier molecular flexibility index (Phi) is 11.6. The molecule has 10 heteroatoms. The highest BCUT2D eigenvalue weighted by Gasteiger charge is 2.31. The molecule has 0 aliphatic carbocycles. The van der Waals surface area contributed by atoms with Gasteiger partial charge in [0.1, 0.15) is 6.04 Å². The molecule has 1 N–H and O–H groups in total. The molecular weight excluding hydrogens is 581 g/mol. The number of nitrogens with zero attached hydrogens (tertiary/aromatic N) is 2. The highest BCUT2D eigenvalue weighted by Crippen LogP contribution is 2.31. The van der Waals surface area contributed by atoms with E-state index in [1.54, 1.807) is 11.0 Å². The monoisotopic (exact) mass is 617 g/mol. The second-order valence-corrected chi connectivity index (χ2v) is 13.2. The van der Waals surface area contributed by atoms with Crippen molar-refractivity contribution in [3.63, 3.8) is 0 Å². The van der Waals surface area contributed by atoms with Crippen LogP contribution in [0.4, 0.5) is 5.69 Å². The molecule has 0 aliphatic heterocycles. The average Bonchev–Trinajstić information content (AvgIpc) is 2.89. The number of carbonyl (C=O) groups is 2. The van der Waals surface area contributed by atoms with Crippen LogP contribution in [0, 0.1) is 6.92 Å². The number of rotatable bonds is 13. The van der Waals surface area contributed by atoms with Crippen molar-refractivity contribution in [1.82, 2.24) is 10.2 Å². The van der Waals surface area contributed by atoms with Crippen LogP contribution in [0.2, 0.25) is 10.0 Å². The third-order valence-electron chi connectivity index (χ3n) is 6.47. The number of amides is 2. The Morgan fingerprint density at radius 2 is 1.61 bits per heavy atom. The van der Waals surface area contributed by atoms with Gasteiger partial charge in [0.25, 0.3) is 0 Å². The van der Waals surface area contributed by atoms with E-state index in [0.717, 1.165) is 27.3 Å². The molecule has 220 valence electrons. The van der Waals surface area contributed by atoms with Crippen molar-refractivity contribution in [2.75, 3.05) is 17.1 Å². The molecule has 0 aliphatic rings. The number of aryl methyl sites for hydroxylation is 1. The second-order valence-electron chi connectivity index (χ2n) is 10.4. The van der Waals surface area contributed by atoms with E-state index >= 15 is 0 Å². The minimum atomic E-state index is -3.71. The molecule has 3 aromatic rings. The summed E-state index contributed by atoms with van der Waals surface area (Å²) in [5.74, 6) is -0.495.